The summed E-state index contributed by atoms with van der Waals surface area (Å²) >= 11 is 0. The predicted molar refractivity (Wildman–Crippen MR) is 169 cm³/mol. The number of carbonyl (C=O) groups excluding carboxylic acids is 1. The molecule has 6 aliphatic heterocycles. The van der Waals surface area contributed by atoms with Crippen LogP contribution in [0.15, 0.2) is 65.7 Å². The molecule has 0 saturated carbocycles. The Morgan fingerprint density at radius 1 is 0.867 bits per heavy atom. The Morgan fingerprint density at radius 2 is 1.58 bits per heavy atom. The smallest absolute Gasteiger partial charge is 0.211 e. The van der Waals surface area contributed by atoms with E-state index in [2.05, 4.69) is 29.1 Å². The lowest BCUT2D eigenvalue weighted by Crippen LogP contribution is -2.33. The number of hydrogen-bond donors (Lipinski definition) is 2. The van der Waals surface area contributed by atoms with E-state index in [1.807, 2.05) is 24.3 Å². The summed E-state index contributed by atoms with van der Waals surface area (Å²) in [6.45, 7) is 1.42. The molecule has 4 aromatic carbocycles. The number of nitrogens with zero attached hydrogens (tertiary/aromatic N) is 2. The van der Waals surface area contributed by atoms with E-state index < -0.39 is 0 Å². The molecule has 6 heterocycles. The minimum Gasteiger partial charge on any atom is -0.504 e. The average molecular weight is 607 g/mol. The van der Waals surface area contributed by atoms with Crippen LogP contribution in [0.3, 0.4) is 0 Å². The number of phenolic OH excluding ortho intramolecular Hbond substituents is 2. The molecule has 1 atom stereocenters. The fraction of sp³-hybridized carbons (Fsp3) is 0.278. The third-order valence-electron chi connectivity index (χ3n) is 8.96. The van der Waals surface area contributed by atoms with E-state index in [1.54, 1.807) is 24.3 Å². The van der Waals surface area contributed by atoms with Gasteiger partial charge in [0.25, 0.3) is 0 Å². The van der Waals surface area contributed by atoms with Crippen molar-refractivity contribution in [2.24, 2.45) is 4.99 Å². The van der Waals surface area contributed by atoms with E-state index in [9.17, 15) is 15.0 Å². The number of ether oxygens (including phenoxy) is 4. The summed E-state index contributed by atoms with van der Waals surface area (Å²) < 4.78 is 23.7. The van der Waals surface area contributed by atoms with Gasteiger partial charge >= 0.3 is 0 Å². The molecule has 2 N–H and O–H groups in total. The molecule has 0 amide bonds. The van der Waals surface area contributed by atoms with Crippen LogP contribution in [-0.2, 0) is 25.9 Å². The van der Waals surface area contributed by atoms with Gasteiger partial charge in [0.05, 0.1) is 19.8 Å². The first-order valence-electron chi connectivity index (χ1n) is 15.0. The number of aliphatic imine (C=N–C) groups is 1. The first-order valence-corrected chi connectivity index (χ1v) is 15.0. The number of rotatable bonds is 2. The zero-order chi connectivity index (χ0) is 31.2. The molecule has 0 fully saturated rings. The highest BCUT2D eigenvalue weighted by Gasteiger charge is 2.33. The maximum atomic E-state index is 13.8. The van der Waals surface area contributed by atoms with Crippen molar-refractivity contribution in [2.45, 2.75) is 31.9 Å². The zero-order valence-corrected chi connectivity index (χ0v) is 25.4. The summed E-state index contributed by atoms with van der Waals surface area (Å²) in [5.41, 5.74) is 5.65. The molecule has 230 valence electrons. The van der Waals surface area contributed by atoms with Crippen LogP contribution in [0, 0.1) is 0 Å². The van der Waals surface area contributed by atoms with Crippen LogP contribution < -0.4 is 18.9 Å². The van der Waals surface area contributed by atoms with Crippen LogP contribution in [0.1, 0.15) is 49.8 Å². The molecule has 0 aliphatic carbocycles. The Labute approximate surface area is 261 Å². The number of benzene rings is 4. The fourth-order valence-electron chi connectivity index (χ4n) is 6.51. The second-order valence-electron chi connectivity index (χ2n) is 11.6. The highest BCUT2D eigenvalue weighted by atomic mass is 16.5. The van der Waals surface area contributed by atoms with Crippen LogP contribution in [-0.4, -0.2) is 61.0 Å². The van der Waals surface area contributed by atoms with Crippen molar-refractivity contribution >= 4 is 11.5 Å². The SMILES string of the molecule is COc1cc2c3c(c1O)Oc1ccc(cc1)C(=O)C1=NCCc4cc(OC)c(c(O)c41)OCc1ccc(cc1)C[C@H]3N(C)CC2. The molecule has 6 aliphatic rings. The van der Waals surface area contributed by atoms with E-state index >= 15 is 0 Å². The number of Topliss-reactive ketones (excluding diaryl/α,β-unsaturated/α-hetero) is 1. The van der Waals surface area contributed by atoms with Crippen molar-refractivity contribution < 1.29 is 34.0 Å². The summed E-state index contributed by atoms with van der Waals surface area (Å²) in [6, 6.07) is 18.5. The maximum absolute atomic E-state index is 13.8. The molecule has 0 saturated heterocycles. The van der Waals surface area contributed by atoms with Gasteiger partial charge in [-0.05, 0) is 85.0 Å². The Morgan fingerprint density at radius 3 is 2.31 bits per heavy atom. The largest absolute Gasteiger partial charge is 0.504 e. The number of methoxy groups -OCH3 is 2. The third kappa shape index (κ3) is 5.03. The molecule has 9 heteroatoms. The number of carbonyl (C=O) groups is 1. The first-order chi connectivity index (χ1) is 21.9. The van der Waals surface area contributed by atoms with Gasteiger partial charge in [0.2, 0.25) is 17.3 Å². The van der Waals surface area contributed by atoms with Crippen LogP contribution in [0.5, 0.6) is 40.2 Å². The van der Waals surface area contributed by atoms with Gasteiger partial charge in [0.15, 0.2) is 23.0 Å². The number of aromatic hydroxyl groups is 2. The first kappa shape index (κ1) is 28.7. The van der Waals surface area contributed by atoms with Gasteiger partial charge in [0, 0.05) is 30.3 Å². The number of hydrogen-bond acceptors (Lipinski definition) is 9. The number of ketones is 1. The lowest BCUT2D eigenvalue weighted by atomic mass is 9.87. The molecular formula is C36H34N2O7. The molecule has 45 heavy (non-hydrogen) atoms. The topological polar surface area (TPSA) is 110 Å². The summed E-state index contributed by atoms with van der Waals surface area (Å²) in [5.74, 6) is 1.15. The lowest BCUT2D eigenvalue weighted by molar-refractivity contribution is 0.106. The van der Waals surface area contributed by atoms with Gasteiger partial charge in [-0.15, -0.1) is 0 Å². The zero-order valence-electron chi connectivity index (χ0n) is 25.4. The molecular weight excluding hydrogens is 572 g/mol. The van der Waals surface area contributed by atoms with Crippen molar-refractivity contribution in [2.75, 3.05) is 34.4 Å². The van der Waals surface area contributed by atoms with Crippen LogP contribution in [0.2, 0.25) is 0 Å². The highest BCUT2D eigenvalue weighted by molar-refractivity contribution is 6.52. The Hall–Kier alpha value is -5.02. The predicted octanol–water partition coefficient (Wildman–Crippen LogP) is 5.80. The quantitative estimate of drug-likeness (QED) is 0.295. The van der Waals surface area contributed by atoms with Crippen LogP contribution >= 0.6 is 0 Å². The van der Waals surface area contributed by atoms with Gasteiger partial charge < -0.3 is 29.2 Å². The third-order valence-corrected chi connectivity index (χ3v) is 8.96. The second-order valence-corrected chi connectivity index (χ2v) is 11.6. The van der Waals surface area contributed by atoms with Crippen molar-refractivity contribution in [3.63, 3.8) is 0 Å². The highest BCUT2D eigenvalue weighted by Crippen LogP contribution is 2.49. The molecule has 6 bridgehead atoms. The summed E-state index contributed by atoms with van der Waals surface area (Å²) in [4.78, 5) is 20.6. The number of phenols is 2. The van der Waals surface area contributed by atoms with Gasteiger partial charge in [-0.2, -0.15) is 0 Å². The monoisotopic (exact) mass is 606 g/mol. The van der Waals surface area contributed by atoms with Gasteiger partial charge in [-0.3, -0.25) is 14.7 Å². The van der Waals surface area contributed by atoms with Crippen molar-refractivity contribution in [3.05, 3.63) is 99.6 Å². The Kier molecular flexibility index (Phi) is 7.33. The summed E-state index contributed by atoms with van der Waals surface area (Å²) in [6.07, 6.45) is 2.01. The lowest BCUT2D eigenvalue weighted by Gasteiger charge is -2.36. The van der Waals surface area contributed by atoms with E-state index in [0.29, 0.717) is 53.5 Å². The summed E-state index contributed by atoms with van der Waals surface area (Å²) in [7, 11) is 5.13. The normalized spacial score (nSPS) is 17.5. The van der Waals surface area contributed by atoms with E-state index in [-0.39, 0.29) is 41.4 Å². The van der Waals surface area contributed by atoms with Gasteiger partial charge in [-0.25, -0.2) is 0 Å². The van der Waals surface area contributed by atoms with Crippen LogP contribution in [0.25, 0.3) is 0 Å². The molecule has 0 unspecified atom stereocenters. The van der Waals surface area contributed by atoms with Crippen LogP contribution in [0.4, 0.5) is 0 Å². The minimum absolute atomic E-state index is 0.0683. The summed E-state index contributed by atoms with van der Waals surface area (Å²) in [5, 5.41) is 22.8. The minimum atomic E-state index is -0.331. The molecule has 10 rings (SSSR count). The Bertz CT molecular complexity index is 1830. The molecule has 9 nitrogen and oxygen atoms in total. The van der Waals surface area contributed by atoms with Crippen molar-refractivity contribution in [1.82, 2.24) is 4.90 Å². The van der Waals surface area contributed by atoms with Crippen molar-refractivity contribution in [3.8, 4) is 40.2 Å². The molecule has 0 spiro atoms. The number of likely N-dealkylation sites (N-methyl/N-ethyl adjacent to an activating group) is 1. The van der Waals surface area contributed by atoms with Gasteiger partial charge in [0.1, 0.15) is 18.1 Å². The van der Waals surface area contributed by atoms with Gasteiger partial charge in [-0.1, -0.05) is 24.3 Å². The van der Waals surface area contributed by atoms with E-state index in [0.717, 1.165) is 40.8 Å². The van der Waals surface area contributed by atoms with E-state index in [1.165, 1.54) is 14.2 Å². The average Bonchev–Trinajstić information content (AvgIpc) is 3.06. The molecule has 0 aromatic heterocycles. The second kappa shape index (κ2) is 11.5. The molecule has 0 radical (unpaired) electrons. The standard InChI is InChI=1S/C36H34N2O7/c1-38-15-13-24-17-27(42-2)33(40)36-29(24)26(38)16-20-4-6-21(7-5-20)19-44-35-28(43-3)18-23-12-14-37-31(30(23)34(35)41)32(39)22-8-10-25(45-36)11-9-22/h4-11,17-18,26,40-41H,12-16,19H2,1-3H3/t26-/m1/s1. The van der Waals surface area contributed by atoms with E-state index in [4.69, 9.17) is 18.9 Å². The fourth-order valence-corrected chi connectivity index (χ4v) is 6.51. The maximum Gasteiger partial charge on any atom is 0.211 e. The Balaban J connectivity index is 1.38. The molecule has 4 aromatic rings. The van der Waals surface area contributed by atoms with Crippen molar-refractivity contribution in [1.29, 1.82) is 0 Å².